The molecule has 1 aliphatic rings. The molecule has 0 spiro atoms. The van der Waals surface area contributed by atoms with Crippen LogP contribution in [0.15, 0.2) is 71.9 Å². The number of aromatic nitrogens is 2. The average Bonchev–Trinajstić information content (AvgIpc) is 3.42. The van der Waals surface area contributed by atoms with Crippen molar-refractivity contribution in [2.75, 3.05) is 13.1 Å². The number of rotatable bonds is 6. The fraction of sp³-hybridized carbons (Fsp3) is 0.333. The molecule has 27 heavy (non-hydrogen) atoms. The molecule has 1 fully saturated rings. The first-order valence-electron chi connectivity index (χ1n) is 9.32. The molecule has 1 saturated heterocycles. The number of furan rings is 1. The minimum absolute atomic E-state index is 0.0243. The largest absolute Gasteiger partial charge is 0.467 e. The zero-order chi connectivity index (χ0) is 18.5. The summed E-state index contributed by atoms with van der Waals surface area (Å²) in [4.78, 5) is 19.7. The van der Waals surface area contributed by atoms with E-state index in [9.17, 15) is 4.79 Å². The lowest BCUT2D eigenvalue weighted by Crippen LogP contribution is -2.54. The Morgan fingerprint density at radius 3 is 2.63 bits per heavy atom. The maximum Gasteiger partial charge on any atom is 0.246 e. The zero-order valence-corrected chi connectivity index (χ0v) is 15.3. The molecule has 1 N–H and O–H groups in total. The molecule has 0 aliphatic carbocycles. The number of carbonyl (C=O) groups is 1. The summed E-state index contributed by atoms with van der Waals surface area (Å²) in [6.45, 7) is 3.04. The van der Waals surface area contributed by atoms with Gasteiger partial charge in [-0.3, -0.25) is 9.69 Å². The van der Waals surface area contributed by atoms with Crippen LogP contribution in [-0.4, -0.2) is 33.4 Å². The van der Waals surface area contributed by atoms with Crippen molar-refractivity contribution in [1.29, 1.82) is 0 Å². The van der Waals surface area contributed by atoms with Crippen LogP contribution in [0, 0.1) is 0 Å². The van der Waals surface area contributed by atoms with Crippen LogP contribution >= 0.6 is 0 Å². The fourth-order valence-electron chi connectivity index (χ4n) is 3.78. The van der Waals surface area contributed by atoms with Gasteiger partial charge < -0.3 is 14.3 Å². The van der Waals surface area contributed by atoms with E-state index in [1.807, 2.05) is 29.0 Å². The summed E-state index contributed by atoms with van der Waals surface area (Å²) in [5, 5.41) is 3.05. The van der Waals surface area contributed by atoms with Gasteiger partial charge in [0, 0.05) is 32.0 Å². The Kier molecular flexibility index (Phi) is 5.07. The molecule has 0 unspecified atom stereocenters. The molecule has 1 aromatic carbocycles. The fourth-order valence-corrected chi connectivity index (χ4v) is 3.78. The number of hydrogen-bond donors (Lipinski definition) is 1. The molecule has 6 heteroatoms. The van der Waals surface area contributed by atoms with Crippen molar-refractivity contribution in [1.82, 2.24) is 19.8 Å². The van der Waals surface area contributed by atoms with Gasteiger partial charge in [0.05, 0.1) is 19.1 Å². The second-order valence-corrected chi connectivity index (χ2v) is 7.03. The third-order valence-corrected chi connectivity index (χ3v) is 5.36. The monoisotopic (exact) mass is 364 g/mol. The number of benzene rings is 1. The average molecular weight is 364 g/mol. The van der Waals surface area contributed by atoms with Crippen molar-refractivity contribution in [2.45, 2.75) is 31.5 Å². The van der Waals surface area contributed by atoms with Crippen LogP contribution in [0.25, 0.3) is 0 Å². The van der Waals surface area contributed by atoms with Gasteiger partial charge in [-0.2, -0.15) is 0 Å². The predicted octanol–water partition coefficient (Wildman–Crippen LogP) is 2.78. The Morgan fingerprint density at radius 2 is 1.96 bits per heavy atom. The molecule has 0 radical (unpaired) electrons. The number of imidazole rings is 1. The molecule has 6 nitrogen and oxygen atoms in total. The Bertz CT molecular complexity index is 836. The lowest BCUT2D eigenvalue weighted by molar-refractivity contribution is -0.133. The maximum absolute atomic E-state index is 13.2. The van der Waals surface area contributed by atoms with E-state index in [1.54, 1.807) is 18.8 Å². The Balaban J connectivity index is 1.45. The van der Waals surface area contributed by atoms with Gasteiger partial charge >= 0.3 is 0 Å². The number of nitrogens with zero attached hydrogens (tertiary/aromatic N) is 3. The number of amides is 1. The van der Waals surface area contributed by atoms with E-state index >= 15 is 0 Å². The first kappa shape index (κ1) is 17.5. The molecule has 4 rings (SSSR count). The van der Waals surface area contributed by atoms with Crippen LogP contribution in [0.3, 0.4) is 0 Å². The van der Waals surface area contributed by atoms with Crippen LogP contribution in [0.4, 0.5) is 0 Å². The summed E-state index contributed by atoms with van der Waals surface area (Å²) in [7, 11) is 0. The molecule has 0 saturated carbocycles. The number of carbonyl (C=O) groups excluding carboxylic acids is 1. The van der Waals surface area contributed by atoms with Crippen LogP contribution in [-0.2, 0) is 23.4 Å². The standard InChI is InChI=1S/C21H24N4O2/c26-20(23-15-19-7-4-14-27-19)21(25-13-10-22-17-25)8-11-24(12-9-21)16-18-5-2-1-3-6-18/h1-7,10,13-14,17H,8-9,11-12,15-16H2,(H,23,26). The smallest absolute Gasteiger partial charge is 0.246 e. The third-order valence-electron chi connectivity index (χ3n) is 5.36. The molecule has 2 aromatic heterocycles. The molecule has 0 bridgehead atoms. The second kappa shape index (κ2) is 7.80. The lowest BCUT2D eigenvalue weighted by atomic mass is 9.85. The topological polar surface area (TPSA) is 63.3 Å². The van der Waals surface area contributed by atoms with Gasteiger partial charge in [-0.25, -0.2) is 4.98 Å². The Labute approximate surface area is 158 Å². The van der Waals surface area contributed by atoms with Gasteiger partial charge in [0.25, 0.3) is 0 Å². The van der Waals surface area contributed by atoms with Crippen LogP contribution in [0.2, 0.25) is 0 Å². The van der Waals surface area contributed by atoms with Gasteiger partial charge in [0.1, 0.15) is 11.3 Å². The summed E-state index contributed by atoms with van der Waals surface area (Å²) in [6.07, 6.45) is 8.49. The molecule has 1 amide bonds. The van der Waals surface area contributed by atoms with Crippen molar-refractivity contribution in [3.63, 3.8) is 0 Å². The molecule has 1 aliphatic heterocycles. The Hall–Kier alpha value is -2.86. The van der Waals surface area contributed by atoms with Gasteiger partial charge in [0.15, 0.2) is 0 Å². The zero-order valence-electron chi connectivity index (χ0n) is 15.3. The highest BCUT2D eigenvalue weighted by Gasteiger charge is 2.42. The summed E-state index contributed by atoms with van der Waals surface area (Å²) in [6, 6.07) is 14.2. The Morgan fingerprint density at radius 1 is 1.15 bits per heavy atom. The van der Waals surface area contributed by atoms with Gasteiger partial charge in [-0.05, 0) is 30.5 Å². The summed E-state index contributed by atoms with van der Waals surface area (Å²) >= 11 is 0. The molecule has 140 valence electrons. The molecule has 3 aromatic rings. The van der Waals surface area contributed by atoms with E-state index in [1.165, 1.54) is 5.56 Å². The summed E-state index contributed by atoms with van der Waals surface area (Å²) < 4.78 is 7.30. The van der Waals surface area contributed by atoms with E-state index in [0.29, 0.717) is 6.54 Å². The van der Waals surface area contributed by atoms with E-state index in [0.717, 1.165) is 38.2 Å². The SMILES string of the molecule is O=C(NCc1ccco1)C1(n2ccnc2)CCN(Cc2ccccc2)CC1. The molecule has 0 atom stereocenters. The van der Waals surface area contributed by atoms with Crippen molar-refractivity contribution in [3.05, 3.63) is 78.8 Å². The lowest BCUT2D eigenvalue weighted by Gasteiger charge is -2.41. The van der Waals surface area contributed by atoms with Gasteiger partial charge in [0.2, 0.25) is 5.91 Å². The predicted molar refractivity (Wildman–Crippen MR) is 102 cm³/mol. The van der Waals surface area contributed by atoms with Crippen molar-refractivity contribution >= 4 is 5.91 Å². The van der Waals surface area contributed by atoms with Crippen LogP contribution in [0.5, 0.6) is 0 Å². The summed E-state index contributed by atoms with van der Waals surface area (Å²) in [5.41, 5.74) is 0.700. The van der Waals surface area contributed by atoms with Crippen LogP contribution < -0.4 is 5.32 Å². The highest BCUT2D eigenvalue weighted by atomic mass is 16.3. The summed E-state index contributed by atoms with van der Waals surface area (Å²) in [5.74, 6) is 0.780. The first-order chi connectivity index (χ1) is 13.3. The maximum atomic E-state index is 13.2. The second-order valence-electron chi connectivity index (χ2n) is 7.03. The van der Waals surface area contributed by atoms with E-state index in [4.69, 9.17) is 4.42 Å². The third kappa shape index (κ3) is 3.80. The van der Waals surface area contributed by atoms with E-state index in [2.05, 4.69) is 39.5 Å². The number of hydrogen-bond acceptors (Lipinski definition) is 4. The van der Waals surface area contributed by atoms with Gasteiger partial charge in [-0.1, -0.05) is 30.3 Å². The normalized spacial score (nSPS) is 16.9. The number of piperidine rings is 1. The minimum atomic E-state index is -0.601. The van der Waals surface area contributed by atoms with Crippen molar-refractivity contribution in [2.24, 2.45) is 0 Å². The van der Waals surface area contributed by atoms with Crippen molar-refractivity contribution in [3.8, 4) is 0 Å². The number of nitrogens with one attached hydrogen (secondary N) is 1. The van der Waals surface area contributed by atoms with E-state index < -0.39 is 5.54 Å². The van der Waals surface area contributed by atoms with Crippen LogP contribution in [0.1, 0.15) is 24.2 Å². The quantitative estimate of drug-likeness (QED) is 0.731. The highest BCUT2D eigenvalue weighted by Crippen LogP contribution is 2.31. The van der Waals surface area contributed by atoms with E-state index in [-0.39, 0.29) is 5.91 Å². The molecule has 3 heterocycles. The van der Waals surface area contributed by atoms with Crippen molar-refractivity contribution < 1.29 is 9.21 Å². The molecular formula is C21H24N4O2. The molecular weight excluding hydrogens is 340 g/mol. The number of likely N-dealkylation sites (tertiary alicyclic amines) is 1. The van der Waals surface area contributed by atoms with Gasteiger partial charge in [-0.15, -0.1) is 0 Å². The minimum Gasteiger partial charge on any atom is -0.467 e. The first-order valence-corrected chi connectivity index (χ1v) is 9.32. The highest BCUT2D eigenvalue weighted by molar-refractivity contribution is 5.84.